The van der Waals surface area contributed by atoms with Gasteiger partial charge in [0.15, 0.2) is 0 Å². The van der Waals surface area contributed by atoms with Crippen LogP contribution in [-0.2, 0) is 10.7 Å². The molecule has 27 heavy (non-hydrogen) atoms. The van der Waals surface area contributed by atoms with Gasteiger partial charge in [0.05, 0.1) is 30.3 Å². The highest BCUT2D eigenvalue weighted by Crippen LogP contribution is 2.37. The summed E-state index contributed by atoms with van der Waals surface area (Å²) in [5.41, 5.74) is 2.08. The highest BCUT2D eigenvalue weighted by molar-refractivity contribution is 7.92. The number of hydrogen-bond donors (Lipinski definition) is 3. The van der Waals surface area contributed by atoms with Crippen LogP contribution in [0, 0.1) is 5.92 Å². The Balaban J connectivity index is 1.52. The first kappa shape index (κ1) is 18.2. The molecule has 0 amide bonds. The van der Waals surface area contributed by atoms with E-state index in [1.807, 2.05) is 30.5 Å². The Hall–Kier alpha value is -2.13. The van der Waals surface area contributed by atoms with Gasteiger partial charge in [0.25, 0.3) is 0 Å². The van der Waals surface area contributed by atoms with E-state index in [0.29, 0.717) is 19.6 Å². The van der Waals surface area contributed by atoms with Gasteiger partial charge >= 0.3 is 0 Å². The summed E-state index contributed by atoms with van der Waals surface area (Å²) in [5, 5.41) is 20.0. The molecule has 8 heteroatoms. The molecular weight excluding hydrogens is 362 g/mol. The SMILES string of the molecule is NSOC[C@@H]1C[C@@H](n2ccc3c(NCc4ccccc4)ncnc32)C[C@@H]1O. The van der Waals surface area contributed by atoms with Crippen LogP contribution in [0.5, 0.6) is 0 Å². The summed E-state index contributed by atoms with van der Waals surface area (Å²) in [5.74, 6) is 0.904. The number of nitrogens with one attached hydrogen (secondary N) is 1. The topological polar surface area (TPSA) is 98.2 Å². The zero-order valence-corrected chi connectivity index (χ0v) is 15.7. The molecule has 1 saturated carbocycles. The number of benzene rings is 1. The number of nitrogens with two attached hydrogens (primary N) is 1. The first-order chi connectivity index (χ1) is 13.3. The first-order valence-corrected chi connectivity index (χ1v) is 9.82. The van der Waals surface area contributed by atoms with Crippen molar-refractivity contribution in [3.05, 3.63) is 54.5 Å². The first-order valence-electron chi connectivity index (χ1n) is 9.02. The maximum absolute atomic E-state index is 10.3. The summed E-state index contributed by atoms with van der Waals surface area (Å²) < 4.78 is 7.37. The predicted molar refractivity (Wildman–Crippen MR) is 107 cm³/mol. The molecule has 7 nitrogen and oxygen atoms in total. The van der Waals surface area contributed by atoms with Crippen LogP contribution in [0.15, 0.2) is 48.9 Å². The van der Waals surface area contributed by atoms with Crippen LogP contribution in [0.4, 0.5) is 5.82 Å². The molecule has 0 unspecified atom stereocenters. The van der Waals surface area contributed by atoms with Gasteiger partial charge in [-0.15, -0.1) is 0 Å². The van der Waals surface area contributed by atoms with Gasteiger partial charge in [0.1, 0.15) is 17.8 Å². The molecule has 3 atom stereocenters. The summed E-state index contributed by atoms with van der Waals surface area (Å²) in [7, 11) is 0. The number of aliphatic hydroxyl groups excluding tert-OH is 1. The maximum Gasteiger partial charge on any atom is 0.145 e. The molecule has 4 rings (SSSR count). The number of anilines is 1. The van der Waals surface area contributed by atoms with Crippen LogP contribution in [0.2, 0.25) is 0 Å². The Bertz CT molecular complexity index is 888. The van der Waals surface area contributed by atoms with E-state index in [9.17, 15) is 5.11 Å². The standard InChI is InChI=1S/C19H23N5O2S/c20-27-26-11-14-8-15(9-17(14)25)24-7-6-16-18(22-12-23-19(16)24)21-10-13-4-2-1-3-5-13/h1-7,12,14-15,17,25H,8-11,20H2,(H,21,22,23)/t14-,15+,17-/m0/s1. The molecule has 0 aliphatic heterocycles. The highest BCUT2D eigenvalue weighted by Gasteiger charge is 2.34. The zero-order valence-electron chi connectivity index (χ0n) is 14.9. The van der Waals surface area contributed by atoms with Crippen LogP contribution in [0.1, 0.15) is 24.4 Å². The van der Waals surface area contributed by atoms with Gasteiger partial charge in [0.2, 0.25) is 0 Å². The quantitative estimate of drug-likeness (QED) is 0.425. The molecule has 1 aliphatic carbocycles. The lowest BCUT2D eigenvalue weighted by Crippen LogP contribution is -2.17. The van der Waals surface area contributed by atoms with E-state index in [4.69, 9.17) is 9.32 Å². The molecule has 0 saturated heterocycles. The van der Waals surface area contributed by atoms with Crippen molar-refractivity contribution in [3.63, 3.8) is 0 Å². The van der Waals surface area contributed by atoms with Crippen molar-refractivity contribution in [1.82, 2.24) is 14.5 Å². The fourth-order valence-corrected chi connectivity index (χ4v) is 4.05. The van der Waals surface area contributed by atoms with Crippen LogP contribution in [0.25, 0.3) is 11.0 Å². The molecular formula is C19H23N5O2S. The summed E-state index contributed by atoms with van der Waals surface area (Å²) in [6.07, 6.45) is 4.75. The van der Waals surface area contributed by atoms with Crippen molar-refractivity contribution in [2.24, 2.45) is 11.1 Å². The Morgan fingerprint density at radius 2 is 2.07 bits per heavy atom. The molecule has 0 bridgehead atoms. The average molecular weight is 385 g/mol. The fraction of sp³-hybridized carbons (Fsp3) is 0.368. The number of aliphatic hydroxyl groups is 1. The van der Waals surface area contributed by atoms with Crippen molar-refractivity contribution in [1.29, 1.82) is 0 Å². The Labute approximate surface area is 162 Å². The van der Waals surface area contributed by atoms with Crippen LogP contribution >= 0.6 is 12.2 Å². The third kappa shape index (κ3) is 3.93. The lowest BCUT2D eigenvalue weighted by Gasteiger charge is -2.14. The molecule has 142 valence electrons. The number of rotatable bonds is 7. The van der Waals surface area contributed by atoms with Crippen molar-refractivity contribution in [2.75, 3.05) is 11.9 Å². The third-order valence-electron chi connectivity index (χ3n) is 5.19. The molecule has 2 heterocycles. The Morgan fingerprint density at radius 1 is 1.22 bits per heavy atom. The van der Waals surface area contributed by atoms with Crippen molar-refractivity contribution >= 4 is 29.1 Å². The van der Waals surface area contributed by atoms with E-state index in [2.05, 4.69) is 32.0 Å². The molecule has 4 N–H and O–H groups in total. The van der Waals surface area contributed by atoms with Crippen molar-refractivity contribution in [2.45, 2.75) is 31.5 Å². The third-order valence-corrected chi connectivity index (χ3v) is 5.46. The lowest BCUT2D eigenvalue weighted by atomic mass is 10.1. The number of hydrogen-bond acceptors (Lipinski definition) is 7. The highest BCUT2D eigenvalue weighted by atomic mass is 32.2. The predicted octanol–water partition coefficient (Wildman–Crippen LogP) is 2.89. The van der Waals surface area contributed by atoms with E-state index in [0.717, 1.165) is 35.5 Å². The van der Waals surface area contributed by atoms with Crippen molar-refractivity contribution in [3.8, 4) is 0 Å². The van der Waals surface area contributed by atoms with E-state index < -0.39 is 6.10 Å². The van der Waals surface area contributed by atoms with Gasteiger partial charge in [-0.1, -0.05) is 30.3 Å². The normalized spacial score (nSPS) is 22.4. The number of fused-ring (bicyclic) bond motifs is 1. The van der Waals surface area contributed by atoms with Gasteiger partial charge in [-0.05, 0) is 24.5 Å². The second-order valence-corrected chi connectivity index (χ2v) is 7.28. The molecule has 0 spiro atoms. The van der Waals surface area contributed by atoms with Gasteiger partial charge in [-0.2, -0.15) is 0 Å². The Morgan fingerprint density at radius 3 is 2.89 bits per heavy atom. The summed E-state index contributed by atoms with van der Waals surface area (Å²) >= 11 is 0.851. The van der Waals surface area contributed by atoms with Crippen LogP contribution in [0.3, 0.4) is 0 Å². The largest absolute Gasteiger partial charge is 0.393 e. The van der Waals surface area contributed by atoms with E-state index in [1.54, 1.807) is 6.33 Å². The lowest BCUT2D eigenvalue weighted by molar-refractivity contribution is 0.105. The van der Waals surface area contributed by atoms with Gasteiger partial charge in [0, 0.05) is 24.7 Å². The van der Waals surface area contributed by atoms with Crippen LogP contribution in [-0.4, -0.2) is 32.4 Å². The second-order valence-electron chi connectivity index (χ2n) is 6.86. The van der Waals surface area contributed by atoms with E-state index in [1.165, 1.54) is 5.56 Å². The Kier molecular flexibility index (Phi) is 5.58. The summed E-state index contributed by atoms with van der Waals surface area (Å²) in [4.78, 5) is 8.90. The summed E-state index contributed by atoms with van der Waals surface area (Å²) in [6, 6.07) is 12.4. The average Bonchev–Trinajstić information content (AvgIpc) is 3.29. The smallest absolute Gasteiger partial charge is 0.145 e. The molecule has 3 aromatic rings. The molecule has 2 aromatic heterocycles. The summed E-state index contributed by atoms with van der Waals surface area (Å²) in [6.45, 7) is 1.16. The van der Waals surface area contributed by atoms with Crippen LogP contribution < -0.4 is 10.5 Å². The molecule has 1 aromatic carbocycles. The van der Waals surface area contributed by atoms with Gasteiger partial charge in [-0.3, -0.25) is 5.14 Å². The van der Waals surface area contributed by atoms with Crippen molar-refractivity contribution < 1.29 is 9.29 Å². The number of nitrogens with zero attached hydrogens (tertiary/aromatic N) is 3. The maximum atomic E-state index is 10.3. The molecule has 1 fully saturated rings. The molecule has 0 radical (unpaired) electrons. The minimum atomic E-state index is -0.392. The minimum Gasteiger partial charge on any atom is -0.393 e. The van der Waals surface area contributed by atoms with E-state index >= 15 is 0 Å². The zero-order chi connectivity index (χ0) is 18.6. The van der Waals surface area contributed by atoms with Gasteiger partial charge in [-0.25, -0.2) is 9.97 Å². The fourth-order valence-electron chi connectivity index (χ4n) is 3.80. The number of aromatic nitrogens is 3. The van der Waals surface area contributed by atoms with E-state index in [-0.39, 0.29) is 12.0 Å². The van der Waals surface area contributed by atoms with Gasteiger partial charge < -0.3 is 19.2 Å². The second kappa shape index (κ2) is 8.26. The monoisotopic (exact) mass is 385 g/mol. The minimum absolute atomic E-state index is 0.0843. The molecule has 1 aliphatic rings.